The number of ether oxygens (including phenoxy) is 2. The van der Waals surface area contributed by atoms with Gasteiger partial charge in [-0.2, -0.15) is 0 Å². The smallest absolute Gasteiger partial charge is 0.462 e. The lowest BCUT2D eigenvalue weighted by molar-refractivity contribution is -0.161. The van der Waals surface area contributed by atoms with E-state index in [-0.39, 0.29) is 32.6 Å². The summed E-state index contributed by atoms with van der Waals surface area (Å²) in [5, 5.41) is 0. The largest absolute Gasteiger partial charge is 0.472 e. The third-order valence-corrected chi connectivity index (χ3v) is 10.6. The Morgan fingerprint density at radius 2 is 0.768 bits per heavy atom. The standard InChI is InChI=1S/C59H90NO8P/c1-3-5-7-9-11-13-15-17-19-21-23-25-27-28-30-32-34-36-38-40-42-44-46-48-50-52-59(62)68-57(56-67-69(63,64)66-54-53-60)55-65-58(61)51-49-47-45-43-41-39-37-35-33-31-29-26-24-22-20-18-16-14-12-10-8-6-4-2/h5-8,11-14,17-20,23-26,28,30-31,33-34,36-37,39-40,42-43,45,57H,3-4,9-10,15-16,21-22,27,29,32,35,38,41,44,46-56,60H2,1-2H3,(H,63,64)/b7-5-,8-6-,13-11-,14-12-,19-17-,20-18-,25-23-,26-24-,30-28-,33-31-,36-34-,39-37-,42-40-,45-43-. The van der Waals surface area contributed by atoms with E-state index in [2.05, 4.69) is 178 Å². The van der Waals surface area contributed by atoms with Gasteiger partial charge in [0.25, 0.3) is 0 Å². The van der Waals surface area contributed by atoms with Crippen molar-refractivity contribution in [3.05, 3.63) is 170 Å². The summed E-state index contributed by atoms with van der Waals surface area (Å²) < 4.78 is 32.8. The number of rotatable bonds is 45. The Bertz CT molecular complexity index is 1720. The van der Waals surface area contributed by atoms with Gasteiger partial charge in [-0.15, -0.1) is 0 Å². The van der Waals surface area contributed by atoms with E-state index in [0.29, 0.717) is 19.3 Å². The minimum absolute atomic E-state index is 0.0287. The molecule has 0 fully saturated rings. The van der Waals surface area contributed by atoms with Crippen molar-refractivity contribution >= 4 is 19.8 Å². The van der Waals surface area contributed by atoms with E-state index >= 15 is 0 Å². The molecule has 0 amide bonds. The third-order valence-electron chi connectivity index (χ3n) is 9.60. The van der Waals surface area contributed by atoms with E-state index in [1.165, 1.54) is 0 Å². The Kier molecular flexibility index (Phi) is 49.2. The fourth-order valence-corrected chi connectivity index (χ4v) is 6.66. The number of phosphoric ester groups is 1. The number of unbranched alkanes of at least 4 members (excludes halogenated alkanes) is 4. The average Bonchev–Trinajstić information content (AvgIpc) is 3.34. The minimum Gasteiger partial charge on any atom is -0.462 e. The maximum atomic E-state index is 12.7. The lowest BCUT2D eigenvalue weighted by Crippen LogP contribution is -2.29. The van der Waals surface area contributed by atoms with Gasteiger partial charge in [0.15, 0.2) is 6.10 Å². The molecular weight excluding hydrogens is 882 g/mol. The highest BCUT2D eigenvalue weighted by molar-refractivity contribution is 7.47. The van der Waals surface area contributed by atoms with Crippen LogP contribution < -0.4 is 5.73 Å². The Hall–Kier alpha value is -4.63. The second-order valence-electron chi connectivity index (χ2n) is 15.9. The highest BCUT2D eigenvalue weighted by Gasteiger charge is 2.26. The maximum Gasteiger partial charge on any atom is 0.472 e. The summed E-state index contributed by atoms with van der Waals surface area (Å²) in [4.78, 5) is 35.1. The number of nitrogens with two attached hydrogens (primary N) is 1. The quantitative estimate of drug-likeness (QED) is 0.0265. The van der Waals surface area contributed by atoms with Gasteiger partial charge in [-0.1, -0.05) is 190 Å². The van der Waals surface area contributed by atoms with Gasteiger partial charge in [0, 0.05) is 19.4 Å². The van der Waals surface area contributed by atoms with Crippen LogP contribution in [0.3, 0.4) is 0 Å². The second kappa shape index (κ2) is 52.7. The van der Waals surface area contributed by atoms with Crippen molar-refractivity contribution in [1.29, 1.82) is 0 Å². The van der Waals surface area contributed by atoms with Crippen LogP contribution in [0.5, 0.6) is 0 Å². The van der Waals surface area contributed by atoms with Crippen LogP contribution in [0.1, 0.15) is 155 Å². The molecule has 0 aliphatic carbocycles. The van der Waals surface area contributed by atoms with Gasteiger partial charge >= 0.3 is 19.8 Å². The predicted molar refractivity (Wildman–Crippen MR) is 293 cm³/mol. The summed E-state index contributed by atoms with van der Waals surface area (Å²) in [6.45, 7) is 3.36. The zero-order valence-electron chi connectivity index (χ0n) is 42.5. The summed E-state index contributed by atoms with van der Waals surface area (Å²) in [6, 6.07) is 0. The molecule has 3 N–H and O–H groups in total. The summed E-state index contributed by atoms with van der Waals surface area (Å²) >= 11 is 0. The molecule has 0 aromatic heterocycles. The van der Waals surface area contributed by atoms with Gasteiger partial charge in [-0.25, -0.2) is 4.57 Å². The molecule has 0 aromatic carbocycles. The Morgan fingerprint density at radius 3 is 1.13 bits per heavy atom. The lowest BCUT2D eigenvalue weighted by Gasteiger charge is -2.19. The maximum absolute atomic E-state index is 12.7. The number of carbonyl (C=O) groups excluding carboxylic acids is 2. The molecule has 384 valence electrons. The number of carbonyl (C=O) groups is 2. The summed E-state index contributed by atoms with van der Waals surface area (Å²) in [5.41, 5.74) is 5.36. The van der Waals surface area contributed by atoms with Gasteiger partial charge in [-0.3, -0.25) is 18.6 Å². The van der Waals surface area contributed by atoms with E-state index in [0.717, 1.165) is 109 Å². The summed E-state index contributed by atoms with van der Waals surface area (Å²) in [6.07, 6.45) is 78.2. The van der Waals surface area contributed by atoms with Crippen molar-refractivity contribution in [3.8, 4) is 0 Å². The molecule has 0 radical (unpaired) electrons. The van der Waals surface area contributed by atoms with Gasteiger partial charge in [0.2, 0.25) is 0 Å². The van der Waals surface area contributed by atoms with E-state index < -0.39 is 32.5 Å². The molecule has 10 heteroatoms. The van der Waals surface area contributed by atoms with Crippen molar-refractivity contribution in [2.24, 2.45) is 5.73 Å². The van der Waals surface area contributed by atoms with Gasteiger partial charge in [0.1, 0.15) is 6.61 Å². The van der Waals surface area contributed by atoms with Crippen molar-refractivity contribution < 1.29 is 37.6 Å². The molecule has 0 aromatic rings. The molecule has 0 heterocycles. The van der Waals surface area contributed by atoms with Crippen LogP contribution in [0.25, 0.3) is 0 Å². The van der Waals surface area contributed by atoms with Crippen LogP contribution in [0.4, 0.5) is 0 Å². The van der Waals surface area contributed by atoms with Crippen molar-refractivity contribution in [2.45, 2.75) is 161 Å². The summed E-state index contributed by atoms with van der Waals surface area (Å²) in [7, 11) is -4.42. The molecule has 2 atom stereocenters. The molecular formula is C59H90NO8P. The number of hydrogen-bond donors (Lipinski definition) is 2. The Balaban J connectivity index is 4.30. The van der Waals surface area contributed by atoms with Gasteiger partial charge in [0.05, 0.1) is 13.2 Å². The molecule has 69 heavy (non-hydrogen) atoms. The van der Waals surface area contributed by atoms with Crippen molar-refractivity contribution in [3.63, 3.8) is 0 Å². The van der Waals surface area contributed by atoms with Crippen LogP contribution in [-0.4, -0.2) is 49.3 Å². The van der Waals surface area contributed by atoms with E-state index in [1.54, 1.807) is 0 Å². The highest BCUT2D eigenvalue weighted by Crippen LogP contribution is 2.43. The lowest BCUT2D eigenvalue weighted by atomic mass is 10.1. The molecule has 0 saturated heterocycles. The molecule has 0 bridgehead atoms. The molecule has 0 aliphatic heterocycles. The van der Waals surface area contributed by atoms with Crippen molar-refractivity contribution in [2.75, 3.05) is 26.4 Å². The molecule has 0 rings (SSSR count). The topological polar surface area (TPSA) is 134 Å². The van der Waals surface area contributed by atoms with Crippen LogP contribution in [-0.2, 0) is 32.7 Å². The van der Waals surface area contributed by atoms with Gasteiger partial charge < -0.3 is 20.1 Å². The van der Waals surface area contributed by atoms with Gasteiger partial charge in [-0.05, 0) is 122 Å². The van der Waals surface area contributed by atoms with E-state index in [1.807, 2.05) is 6.08 Å². The number of hydrogen-bond acceptors (Lipinski definition) is 8. The minimum atomic E-state index is -4.42. The van der Waals surface area contributed by atoms with Crippen LogP contribution >= 0.6 is 7.82 Å². The second-order valence-corrected chi connectivity index (χ2v) is 17.4. The number of phosphoric acid groups is 1. The van der Waals surface area contributed by atoms with E-state index in [4.69, 9.17) is 24.3 Å². The molecule has 0 spiro atoms. The average molecular weight is 972 g/mol. The van der Waals surface area contributed by atoms with E-state index in [9.17, 15) is 19.0 Å². The monoisotopic (exact) mass is 972 g/mol. The predicted octanol–water partition coefficient (Wildman–Crippen LogP) is 15.9. The molecule has 9 nitrogen and oxygen atoms in total. The van der Waals surface area contributed by atoms with Crippen LogP contribution in [0.2, 0.25) is 0 Å². The van der Waals surface area contributed by atoms with Crippen LogP contribution in [0, 0.1) is 0 Å². The molecule has 2 unspecified atom stereocenters. The SMILES string of the molecule is CC/C=C\C/C=C\C/C=C\C/C=C\C/C=C\C/C=C\C/C=C\CCCCCC(=O)OC(COC(=O)CCC/C=C\C/C=C\C/C=C\C/C=C\C/C=C\C/C=C\C/C=C\CC)COP(=O)(O)OCCN. The highest BCUT2D eigenvalue weighted by atomic mass is 31.2. The first-order chi connectivity index (χ1) is 33.8. The number of esters is 2. The third kappa shape index (κ3) is 52.6. The first-order valence-corrected chi connectivity index (χ1v) is 27.1. The first-order valence-electron chi connectivity index (χ1n) is 25.6. The first kappa shape index (κ1) is 64.4. The van der Waals surface area contributed by atoms with Crippen molar-refractivity contribution in [1.82, 2.24) is 0 Å². The zero-order valence-corrected chi connectivity index (χ0v) is 43.4. The normalized spacial score (nSPS) is 14.6. The number of allylic oxidation sites excluding steroid dienone is 28. The Labute approximate surface area is 419 Å². The zero-order chi connectivity index (χ0) is 50.2. The van der Waals surface area contributed by atoms with Crippen LogP contribution in [0.15, 0.2) is 170 Å². The molecule has 0 aliphatic rings. The summed E-state index contributed by atoms with van der Waals surface area (Å²) in [5.74, 6) is -0.956. The Morgan fingerprint density at radius 1 is 0.435 bits per heavy atom. The fraction of sp³-hybridized carbons (Fsp3) is 0.492. The molecule has 0 saturated carbocycles. The fourth-order valence-electron chi connectivity index (χ4n) is 5.90.